The molecule has 2 aromatic carbocycles. The smallest absolute Gasteiger partial charge is 0.308 e. The van der Waals surface area contributed by atoms with Crippen molar-refractivity contribution in [3.63, 3.8) is 0 Å². The molecule has 2 bridgehead atoms. The van der Waals surface area contributed by atoms with Gasteiger partial charge >= 0.3 is 5.97 Å². The SMILES string of the molecule is CC(=O)Oc1cc(O)c2c3c1C[C@@H]1[C@@H]4CC[C@H](N(C)C(=O)/C=C/c5cc(Br)cs5)[C@H](O2)[C@]34CCN1CCc1ccccc1. The molecule has 1 aromatic heterocycles. The molecule has 2 fully saturated rings. The number of esters is 1. The van der Waals surface area contributed by atoms with Crippen molar-refractivity contribution < 1.29 is 24.2 Å². The van der Waals surface area contributed by atoms with E-state index in [0.29, 0.717) is 17.4 Å². The second kappa shape index (κ2) is 11.1. The van der Waals surface area contributed by atoms with Crippen molar-refractivity contribution in [2.24, 2.45) is 5.92 Å². The molecular weight excluding hydrogens is 628 g/mol. The van der Waals surface area contributed by atoms with E-state index in [-0.39, 0.29) is 35.3 Å². The molecule has 1 N–H and O–H groups in total. The van der Waals surface area contributed by atoms with Gasteiger partial charge in [-0.25, -0.2) is 0 Å². The van der Waals surface area contributed by atoms with Crippen LogP contribution in [0.4, 0.5) is 0 Å². The fourth-order valence-electron chi connectivity index (χ4n) is 8.34. The highest BCUT2D eigenvalue weighted by Crippen LogP contribution is 2.65. The van der Waals surface area contributed by atoms with Crippen molar-refractivity contribution >= 4 is 45.2 Å². The molecule has 7 rings (SSSR count). The summed E-state index contributed by atoms with van der Waals surface area (Å²) >= 11 is 5.06. The lowest BCUT2D eigenvalue weighted by Crippen LogP contribution is -2.69. The summed E-state index contributed by atoms with van der Waals surface area (Å²) < 4.78 is 13.5. The molecular formula is C34H35BrN2O5S. The summed E-state index contributed by atoms with van der Waals surface area (Å²) in [7, 11) is 1.87. The van der Waals surface area contributed by atoms with E-state index >= 15 is 0 Å². The number of aromatic hydroxyl groups is 1. The molecule has 9 heteroatoms. The van der Waals surface area contributed by atoms with Crippen LogP contribution in [0, 0.1) is 5.92 Å². The van der Waals surface area contributed by atoms with Crippen LogP contribution in [-0.4, -0.2) is 65.1 Å². The summed E-state index contributed by atoms with van der Waals surface area (Å²) in [5, 5.41) is 13.2. The Balaban J connectivity index is 1.24. The fourth-order valence-corrected chi connectivity index (χ4v) is 9.67. The zero-order valence-corrected chi connectivity index (χ0v) is 26.7. The van der Waals surface area contributed by atoms with Gasteiger partial charge in [-0.05, 0) is 78.2 Å². The molecule has 224 valence electrons. The molecule has 43 heavy (non-hydrogen) atoms. The lowest BCUT2D eigenvalue weighted by Gasteiger charge is -2.60. The van der Waals surface area contributed by atoms with Crippen LogP contribution in [0.5, 0.6) is 17.2 Å². The van der Waals surface area contributed by atoms with Gasteiger partial charge in [-0.2, -0.15) is 0 Å². The summed E-state index contributed by atoms with van der Waals surface area (Å²) in [6.45, 7) is 3.25. The van der Waals surface area contributed by atoms with Crippen LogP contribution in [0.3, 0.4) is 0 Å². The second-order valence-corrected chi connectivity index (χ2v) is 14.1. The quantitative estimate of drug-likeness (QED) is 0.191. The summed E-state index contributed by atoms with van der Waals surface area (Å²) in [6.07, 6.45) is 7.54. The van der Waals surface area contributed by atoms with Crippen LogP contribution in [-0.2, 0) is 27.8 Å². The number of benzene rings is 2. The highest BCUT2D eigenvalue weighted by molar-refractivity contribution is 9.10. The topological polar surface area (TPSA) is 79.3 Å². The number of carbonyl (C=O) groups is 2. The molecule has 2 aliphatic carbocycles. The summed E-state index contributed by atoms with van der Waals surface area (Å²) in [5.41, 5.74) is 2.92. The van der Waals surface area contributed by atoms with Crippen molar-refractivity contribution in [2.75, 3.05) is 20.1 Å². The van der Waals surface area contributed by atoms with Gasteiger partial charge in [-0.1, -0.05) is 30.3 Å². The number of thiophene rings is 1. The van der Waals surface area contributed by atoms with E-state index in [1.54, 1.807) is 23.5 Å². The van der Waals surface area contributed by atoms with Gasteiger partial charge in [0.05, 0.1) is 6.04 Å². The lowest BCUT2D eigenvalue weighted by molar-refractivity contribution is -0.135. The van der Waals surface area contributed by atoms with Crippen molar-refractivity contribution in [1.29, 1.82) is 0 Å². The maximum Gasteiger partial charge on any atom is 0.308 e. The van der Waals surface area contributed by atoms with Gasteiger partial charge in [0.2, 0.25) is 5.91 Å². The summed E-state index contributed by atoms with van der Waals surface area (Å²) in [6, 6.07) is 14.2. The Morgan fingerprint density at radius 2 is 2.07 bits per heavy atom. The van der Waals surface area contributed by atoms with Crippen molar-refractivity contribution in [3.05, 3.63) is 80.0 Å². The predicted molar refractivity (Wildman–Crippen MR) is 170 cm³/mol. The monoisotopic (exact) mass is 662 g/mol. The molecule has 2 aliphatic heterocycles. The number of rotatable bonds is 7. The van der Waals surface area contributed by atoms with E-state index in [1.807, 2.05) is 35.5 Å². The number of likely N-dealkylation sites (tertiary alicyclic amines) is 1. The average molecular weight is 664 g/mol. The van der Waals surface area contributed by atoms with Crippen molar-refractivity contribution in [2.45, 2.75) is 62.6 Å². The normalized spacial score (nSPS) is 27.0. The minimum absolute atomic E-state index is 0.00150. The number of ether oxygens (including phenoxy) is 2. The molecule has 5 atom stereocenters. The molecule has 7 nitrogen and oxygen atoms in total. The maximum absolute atomic E-state index is 13.5. The predicted octanol–water partition coefficient (Wildman–Crippen LogP) is 5.96. The van der Waals surface area contributed by atoms with Crippen molar-refractivity contribution in [3.8, 4) is 17.2 Å². The van der Waals surface area contributed by atoms with E-state index in [9.17, 15) is 14.7 Å². The molecule has 0 radical (unpaired) electrons. The minimum Gasteiger partial charge on any atom is -0.504 e. The lowest BCUT2D eigenvalue weighted by atomic mass is 9.50. The zero-order chi connectivity index (χ0) is 29.9. The third-order valence-corrected chi connectivity index (χ3v) is 11.8. The van der Waals surface area contributed by atoms with E-state index < -0.39 is 5.97 Å². The van der Waals surface area contributed by atoms with Crippen LogP contribution in [0.25, 0.3) is 6.08 Å². The molecule has 3 heterocycles. The number of phenols is 1. The number of piperidine rings is 1. The molecule has 0 unspecified atom stereocenters. The van der Waals surface area contributed by atoms with E-state index in [4.69, 9.17) is 9.47 Å². The number of nitrogens with zero attached hydrogens (tertiary/aromatic N) is 2. The molecule has 1 saturated carbocycles. The van der Waals surface area contributed by atoms with E-state index in [2.05, 4.69) is 45.1 Å². The van der Waals surface area contributed by atoms with Crippen LogP contribution in [0.2, 0.25) is 0 Å². The largest absolute Gasteiger partial charge is 0.504 e. The first kappa shape index (κ1) is 28.6. The maximum atomic E-state index is 13.5. The van der Waals surface area contributed by atoms with Gasteiger partial charge in [0.15, 0.2) is 11.5 Å². The highest BCUT2D eigenvalue weighted by Gasteiger charge is 2.67. The molecule has 4 aliphatic rings. The van der Waals surface area contributed by atoms with Crippen molar-refractivity contribution in [1.82, 2.24) is 9.80 Å². The number of halogens is 1. The Labute approximate surface area is 264 Å². The van der Waals surface area contributed by atoms with Gasteiger partial charge in [0.1, 0.15) is 11.9 Å². The Kier molecular flexibility index (Phi) is 7.38. The number of hydrogen-bond donors (Lipinski definition) is 1. The molecule has 1 spiro atoms. The number of amides is 1. The fraction of sp³-hybridized carbons (Fsp3) is 0.412. The second-order valence-electron chi connectivity index (χ2n) is 12.2. The Morgan fingerprint density at radius 1 is 1.26 bits per heavy atom. The van der Waals surface area contributed by atoms with Gasteiger partial charge in [0.25, 0.3) is 0 Å². The first-order valence-corrected chi connectivity index (χ1v) is 16.6. The van der Waals surface area contributed by atoms with Gasteiger partial charge < -0.3 is 19.5 Å². The highest BCUT2D eigenvalue weighted by atomic mass is 79.9. The van der Waals surface area contributed by atoms with Crippen LogP contribution < -0.4 is 9.47 Å². The van der Waals surface area contributed by atoms with Gasteiger partial charge in [0, 0.05) is 70.0 Å². The Morgan fingerprint density at radius 3 is 2.81 bits per heavy atom. The van der Waals surface area contributed by atoms with Crippen LogP contribution in [0.1, 0.15) is 47.8 Å². The van der Waals surface area contributed by atoms with E-state index in [0.717, 1.165) is 65.7 Å². The third kappa shape index (κ3) is 4.80. The number of likely N-dealkylation sites (N-methyl/N-ethyl adjacent to an activating group) is 1. The molecule has 3 aromatic rings. The average Bonchev–Trinajstić information content (AvgIpc) is 3.57. The Hall–Kier alpha value is -3.14. The van der Waals surface area contributed by atoms with Gasteiger partial charge in [-0.3, -0.25) is 14.5 Å². The van der Waals surface area contributed by atoms with Crippen LogP contribution in [0.15, 0.2) is 58.4 Å². The zero-order valence-electron chi connectivity index (χ0n) is 24.3. The summed E-state index contributed by atoms with van der Waals surface area (Å²) in [5.74, 6) is 0.760. The summed E-state index contributed by atoms with van der Waals surface area (Å²) in [4.78, 5) is 31.1. The molecule has 1 amide bonds. The number of carbonyl (C=O) groups excluding carboxylic acids is 2. The first-order chi connectivity index (χ1) is 20.8. The Bertz CT molecular complexity index is 1610. The van der Waals surface area contributed by atoms with Gasteiger partial charge in [-0.15, -0.1) is 11.3 Å². The van der Waals surface area contributed by atoms with E-state index in [1.165, 1.54) is 12.5 Å². The molecule has 1 saturated heterocycles. The van der Waals surface area contributed by atoms with Crippen LogP contribution >= 0.6 is 27.3 Å². The standard InChI is InChI=1S/C34H35BrN2O5S/c1-20(38)41-29-18-28(39)32-31-24(29)17-27-25-9-10-26(36(2)30(40)11-8-23-16-22(35)19-43-23)33(42-32)34(25,31)13-15-37(27)14-12-21-6-4-3-5-7-21/h3-8,11,16,18-19,25-27,33,39H,9-10,12-15,17H2,1-2H3/b11-8+/t25-,26-,27+,33-,34-/m0/s1. The third-order valence-electron chi connectivity index (χ3n) is 10.1. The number of hydrogen-bond acceptors (Lipinski definition) is 7. The minimum atomic E-state index is -0.409. The number of phenolic OH excluding ortho intramolecular Hbond substituents is 1. The first-order valence-electron chi connectivity index (χ1n) is 15.0.